The zero-order chi connectivity index (χ0) is 14.4. The Hall–Kier alpha value is -2.22. The standard InChI is InChI=1S/C12H13N5O2S/c1-3-7-6(2)20-11-9(7)10-15-17(4-8(13)18)12(19)16(10)5-14-11/h5H,3-4H2,1-2H3,(H2,13,18). The first kappa shape index (κ1) is 12.8. The third kappa shape index (κ3) is 1.72. The molecule has 1 amide bonds. The molecule has 0 aromatic carbocycles. The third-order valence-electron chi connectivity index (χ3n) is 3.23. The van der Waals surface area contributed by atoms with Gasteiger partial charge in [-0.2, -0.15) is 0 Å². The van der Waals surface area contributed by atoms with Crippen LogP contribution in [0, 0.1) is 6.92 Å². The van der Waals surface area contributed by atoms with Crippen LogP contribution in [0.25, 0.3) is 15.9 Å². The van der Waals surface area contributed by atoms with Gasteiger partial charge in [0.05, 0.1) is 5.39 Å². The summed E-state index contributed by atoms with van der Waals surface area (Å²) in [4.78, 5) is 29.4. The molecule has 0 aliphatic carbocycles. The van der Waals surface area contributed by atoms with Crippen molar-refractivity contribution in [3.63, 3.8) is 0 Å². The van der Waals surface area contributed by atoms with Gasteiger partial charge in [0.1, 0.15) is 17.7 Å². The number of hydrogen-bond acceptors (Lipinski definition) is 5. The van der Waals surface area contributed by atoms with E-state index in [1.54, 1.807) is 11.3 Å². The number of carbonyl (C=O) groups excluding carboxylic acids is 1. The van der Waals surface area contributed by atoms with Crippen LogP contribution in [-0.4, -0.2) is 25.1 Å². The molecule has 3 heterocycles. The molecule has 3 rings (SSSR count). The molecule has 0 atom stereocenters. The van der Waals surface area contributed by atoms with E-state index < -0.39 is 11.6 Å². The van der Waals surface area contributed by atoms with Gasteiger partial charge in [-0.15, -0.1) is 16.4 Å². The van der Waals surface area contributed by atoms with Crippen molar-refractivity contribution in [1.29, 1.82) is 0 Å². The summed E-state index contributed by atoms with van der Waals surface area (Å²) >= 11 is 1.58. The first-order valence-corrected chi connectivity index (χ1v) is 6.99. The van der Waals surface area contributed by atoms with Crippen molar-refractivity contribution in [2.75, 3.05) is 0 Å². The highest BCUT2D eigenvalue weighted by Gasteiger charge is 2.17. The summed E-state index contributed by atoms with van der Waals surface area (Å²) in [6, 6.07) is 0. The molecule has 0 unspecified atom stereocenters. The number of thiophene rings is 1. The highest BCUT2D eigenvalue weighted by Crippen LogP contribution is 2.31. The Kier molecular flexibility index (Phi) is 2.82. The number of carbonyl (C=O) groups is 1. The first-order chi connectivity index (χ1) is 9.52. The number of aryl methyl sites for hydroxylation is 2. The monoisotopic (exact) mass is 291 g/mol. The molecule has 3 aromatic heterocycles. The van der Waals surface area contributed by atoms with Gasteiger partial charge in [0, 0.05) is 4.88 Å². The lowest BCUT2D eigenvalue weighted by molar-refractivity contribution is -0.118. The molecule has 0 radical (unpaired) electrons. The Bertz CT molecular complexity index is 889. The van der Waals surface area contributed by atoms with Crippen LogP contribution in [0.15, 0.2) is 11.1 Å². The topological polar surface area (TPSA) is 95.3 Å². The van der Waals surface area contributed by atoms with Gasteiger partial charge in [-0.05, 0) is 18.9 Å². The van der Waals surface area contributed by atoms with E-state index in [0.29, 0.717) is 5.65 Å². The average molecular weight is 291 g/mol. The number of primary amides is 1. The van der Waals surface area contributed by atoms with Crippen LogP contribution in [0.3, 0.4) is 0 Å². The maximum atomic E-state index is 12.1. The number of fused-ring (bicyclic) bond motifs is 3. The summed E-state index contributed by atoms with van der Waals surface area (Å²) in [5, 5.41) is 5.12. The number of aromatic nitrogens is 4. The minimum atomic E-state index is -0.600. The summed E-state index contributed by atoms with van der Waals surface area (Å²) in [5.74, 6) is -0.600. The van der Waals surface area contributed by atoms with E-state index in [2.05, 4.69) is 17.0 Å². The van der Waals surface area contributed by atoms with E-state index in [1.807, 2.05) is 6.92 Å². The van der Waals surface area contributed by atoms with E-state index >= 15 is 0 Å². The molecule has 7 nitrogen and oxygen atoms in total. The third-order valence-corrected chi connectivity index (χ3v) is 4.29. The molecule has 2 N–H and O–H groups in total. The van der Waals surface area contributed by atoms with E-state index in [1.165, 1.54) is 15.6 Å². The van der Waals surface area contributed by atoms with E-state index in [-0.39, 0.29) is 6.54 Å². The summed E-state index contributed by atoms with van der Waals surface area (Å²) in [7, 11) is 0. The fraction of sp³-hybridized carbons (Fsp3) is 0.333. The van der Waals surface area contributed by atoms with Gasteiger partial charge in [0.15, 0.2) is 5.65 Å². The zero-order valence-electron chi connectivity index (χ0n) is 11.1. The van der Waals surface area contributed by atoms with Gasteiger partial charge in [-0.3, -0.25) is 4.79 Å². The Morgan fingerprint density at radius 2 is 2.25 bits per heavy atom. The van der Waals surface area contributed by atoms with Gasteiger partial charge in [0.25, 0.3) is 0 Å². The highest BCUT2D eigenvalue weighted by molar-refractivity contribution is 7.18. The Morgan fingerprint density at radius 1 is 1.50 bits per heavy atom. The molecular formula is C12H13N5O2S. The fourth-order valence-corrected chi connectivity index (χ4v) is 3.44. The summed E-state index contributed by atoms with van der Waals surface area (Å²) in [6.45, 7) is 3.85. The lowest BCUT2D eigenvalue weighted by atomic mass is 10.1. The van der Waals surface area contributed by atoms with E-state index in [9.17, 15) is 9.59 Å². The van der Waals surface area contributed by atoms with Crippen molar-refractivity contribution in [2.24, 2.45) is 5.73 Å². The number of amides is 1. The molecule has 0 bridgehead atoms. The van der Waals surface area contributed by atoms with Crippen LogP contribution in [0.5, 0.6) is 0 Å². The Labute approximate surface area is 117 Å². The highest BCUT2D eigenvalue weighted by atomic mass is 32.1. The number of nitrogens with zero attached hydrogens (tertiary/aromatic N) is 4. The predicted molar refractivity (Wildman–Crippen MR) is 75.9 cm³/mol. The Morgan fingerprint density at radius 3 is 2.90 bits per heavy atom. The molecule has 104 valence electrons. The van der Waals surface area contributed by atoms with Crippen molar-refractivity contribution in [3.05, 3.63) is 27.3 Å². The van der Waals surface area contributed by atoms with Crippen LogP contribution in [0.1, 0.15) is 17.4 Å². The first-order valence-electron chi connectivity index (χ1n) is 6.17. The zero-order valence-corrected chi connectivity index (χ0v) is 11.9. The SMILES string of the molecule is CCc1c(C)sc2ncn3c(=O)n(CC(N)=O)nc3c12. The second-order valence-electron chi connectivity index (χ2n) is 4.52. The lowest BCUT2D eigenvalue weighted by Gasteiger charge is -1.96. The molecular weight excluding hydrogens is 278 g/mol. The number of rotatable bonds is 3. The van der Waals surface area contributed by atoms with Crippen LogP contribution in [0.4, 0.5) is 0 Å². The smallest absolute Gasteiger partial charge is 0.352 e. The largest absolute Gasteiger partial charge is 0.368 e. The molecule has 0 fully saturated rings. The van der Waals surface area contributed by atoms with Gasteiger partial charge < -0.3 is 5.73 Å². The summed E-state index contributed by atoms with van der Waals surface area (Å²) in [5.41, 5.74) is 6.39. The van der Waals surface area contributed by atoms with E-state index in [4.69, 9.17) is 5.73 Å². The molecule has 8 heteroatoms. The molecule has 3 aromatic rings. The summed E-state index contributed by atoms with van der Waals surface area (Å²) < 4.78 is 2.43. The molecule has 0 saturated heterocycles. The maximum absolute atomic E-state index is 12.1. The van der Waals surface area contributed by atoms with Crippen molar-refractivity contribution in [3.8, 4) is 0 Å². The lowest BCUT2D eigenvalue weighted by Crippen LogP contribution is -2.28. The van der Waals surface area contributed by atoms with E-state index in [0.717, 1.165) is 26.9 Å². The normalized spacial score (nSPS) is 11.5. The van der Waals surface area contributed by atoms with Crippen LogP contribution in [-0.2, 0) is 17.8 Å². The van der Waals surface area contributed by atoms with Crippen LogP contribution < -0.4 is 11.4 Å². The number of hydrogen-bond donors (Lipinski definition) is 1. The predicted octanol–water partition coefficient (Wildman–Crippen LogP) is 0.462. The minimum Gasteiger partial charge on any atom is -0.368 e. The fourth-order valence-electron chi connectivity index (χ4n) is 2.37. The molecule has 0 aliphatic heterocycles. The Balaban J connectivity index is 2.41. The van der Waals surface area contributed by atoms with Crippen LogP contribution in [0.2, 0.25) is 0 Å². The molecule has 20 heavy (non-hydrogen) atoms. The second kappa shape index (κ2) is 4.41. The van der Waals surface area contributed by atoms with Crippen molar-refractivity contribution >= 4 is 33.1 Å². The molecule has 0 spiro atoms. The quantitative estimate of drug-likeness (QED) is 0.758. The van der Waals surface area contributed by atoms with Crippen molar-refractivity contribution in [2.45, 2.75) is 26.8 Å². The second-order valence-corrected chi connectivity index (χ2v) is 5.72. The van der Waals surface area contributed by atoms with Gasteiger partial charge >= 0.3 is 5.69 Å². The van der Waals surface area contributed by atoms with Crippen LogP contribution >= 0.6 is 11.3 Å². The van der Waals surface area contributed by atoms with Crippen molar-refractivity contribution < 1.29 is 4.79 Å². The average Bonchev–Trinajstić information content (AvgIpc) is 2.87. The van der Waals surface area contributed by atoms with Crippen molar-refractivity contribution in [1.82, 2.24) is 19.2 Å². The maximum Gasteiger partial charge on any atom is 0.352 e. The minimum absolute atomic E-state index is 0.230. The summed E-state index contributed by atoms with van der Waals surface area (Å²) in [6.07, 6.45) is 2.28. The van der Waals surface area contributed by atoms with Gasteiger partial charge in [0.2, 0.25) is 5.91 Å². The molecule has 0 saturated carbocycles. The van der Waals surface area contributed by atoms with Gasteiger partial charge in [-0.1, -0.05) is 6.92 Å². The van der Waals surface area contributed by atoms with Gasteiger partial charge in [-0.25, -0.2) is 18.9 Å². The number of nitrogens with two attached hydrogens (primary N) is 1. The molecule has 0 aliphatic rings.